The van der Waals surface area contributed by atoms with Crippen LogP contribution in [-0.2, 0) is 6.42 Å². The molecule has 0 atom stereocenters. The molecule has 0 saturated heterocycles. The molecule has 1 saturated carbocycles. The van der Waals surface area contributed by atoms with Gasteiger partial charge in [-0.3, -0.25) is 4.79 Å². The van der Waals surface area contributed by atoms with Crippen LogP contribution in [0.15, 0.2) is 18.2 Å². The molecule has 0 amide bonds. The summed E-state index contributed by atoms with van der Waals surface area (Å²) >= 11 is 1.62. The first-order valence-corrected chi connectivity index (χ1v) is 10.4. The Morgan fingerprint density at radius 2 is 2.04 bits per heavy atom. The normalized spacial score (nSPS) is 15.6. The molecule has 0 aliphatic heterocycles. The second kappa shape index (κ2) is 7.31. The van der Waals surface area contributed by atoms with Crippen LogP contribution in [-0.4, -0.2) is 20.9 Å². The third-order valence-corrected chi connectivity index (χ3v) is 6.49. The number of imidazole rings is 1. The molecule has 1 aromatic carbocycles. The van der Waals surface area contributed by atoms with Gasteiger partial charge in [-0.1, -0.05) is 67.2 Å². The summed E-state index contributed by atoms with van der Waals surface area (Å²) in [5, 5.41) is 5.79. The van der Waals surface area contributed by atoms with Crippen molar-refractivity contribution in [3.63, 3.8) is 0 Å². The van der Waals surface area contributed by atoms with Gasteiger partial charge >= 0.3 is 0 Å². The Morgan fingerprint density at radius 3 is 2.77 bits per heavy atom. The number of hydrogen-bond acceptors (Lipinski definition) is 4. The van der Waals surface area contributed by atoms with Crippen LogP contribution in [0.4, 0.5) is 0 Å². The average molecular weight is 368 g/mol. The average Bonchev–Trinajstić information content (AvgIpc) is 3.18. The molecule has 0 spiro atoms. The van der Waals surface area contributed by atoms with Gasteiger partial charge in [0.05, 0.1) is 0 Å². The Balaban J connectivity index is 1.61. The highest BCUT2D eigenvalue weighted by Crippen LogP contribution is 2.31. The highest BCUT2D eigenvalue weighted by atomic mass is 32.1. The summed E-state index contributed by atoms with van der Waals surface area (Å²) < 4.78 is 1.74. The van der Waals surface area contributed by atoms with Crippen molar-refractivity contribution in [2.24, 2.45) is 5.92 Å². The lowest BCUT2D eigenvalue weighted by Gasteiger charge is -2.20. The SMILES string of the molecule is Cc1ccc(-c2nc3sc(CCC4CCCCC4)nn3c2C=O)c(C)c1. The van der Waals surface area contributed by atoms with Crippen molar-refractivity contribution in [1.82, 2.24) is 14.6 Å². The van der Waals surface area contributed by atoms with Gasteiger partial charge < -0.3 is 0 Å². The standard InChI is InChI=1S/C21H25N3OS/c1-14-8-10-17(15(2)12-14)20-18(13-25)24-21(22-20)26-19(23-24)11-9-16-6-4-3-5-7-16/h8,10,12-13,16H,3-7,9,11H2,1-2H3. The zero-order valence-corrected chi connectivity index (χ0v) is 16.3. The third-order valence-electron chi connectivity index (χ3n) is 5.52. The van der Waals surface area contributed by atoms with Gasteiger partial charge in [-0.15, -0.1) is 0 Å². The van der Waals surface area contributed by atoms with Crippen molar-refractivity contribution in [2.45, 2.75) is 58.8 Å². The number of benzene rings is 1. The van der Waals surface area contributed by atoms with Crippen molar-refractivity contribution < 1.29 is 4.79 Å². The molecule has 1 aliphatic rings. The number of fused-ring (bicyclic) bond motifs is 1. The first-order valence-electron chi connectivity index (χ1n) is 9.57. The van der Waals surface area contributed by atoms with E-state index in [1.807, 2.05) is 6.07 Å². The number of hydrogen-bond donors (Lipinski definition) is 0. The number of carbonyl (C=O) groups is 1. The summed E-state index contributed by atoms with van der Waals surface area (Å²) in [6.45, 7) is 4.14. The van der Waals surface area contributed by atoms with Crippen LogP contribution in [0.2, 0.25) is 0 Å². The maximum absolute atomic E-state index is 11.8. The van der Waals surface area contributed by atoms with Gasteiger partial charge in [-0.2, -0.15) is 9.61 Å². The Kier molecular flexibility index (Phi) is 4.90. The van der Waals surface area contributed by atoms with Gasteiger partial charge in [-0.25, -0.2) is 4.98 Å². The zero-order valence-electron chi connectivity index (χ0n) is 15.5. The van der Waals surface area contributed by atoms with Gasteiger partial charge in [0.15, 0.2) is 6.29 Å². The van der Waals surface area contributed by atoms with E-state index in [4.69, 9.17) is 10.1 Å². The lowest BCUT2D eigenvalue weighted by atomic mass is 9.86. The van der Waals surface area contributed by atoms with Crippen molar-refractivity contribution in [1.29, 1.82) is 0 Å². The molecule has 136 valence electrons. The van der Waals surface area contributed by atoms with E-state index in [2.05, 4.69) is 26.0 Å². The maximum Gasteiger partial charge on any atom is 0.213 e. The van der Waals surface area contributed by atoms with Crippen LogP contribution >= 0.6 is 11.3 Å². The topological polar surface area (TPSA) is 47.3 Å². The van der Waals surface area contributed by atoms with E-state index in [0.717, 1.165) is 45.4 Å². The smallest absolute Gasteiger partial charge is 0.213 e. The molecule has 1 fully saturated rings. The van der Waals surface area contributed by atoms with Crippen LogP contribution in [0.25, 0.3) is 16.2 Å². The minimum Gasteiger partial charge on any atom is -0.296 e. The molecule has 4 nitrogen and oxygen atoms in total. The van der Waals surface area contributed by atoms with Crippen LogP contribution in [0.1, 0.15) is 65.1 Å². The van der Waals surface area contributed by atoms with Crippen molar-refractivity contribution >= 4 is 22.6 Å². The molecule has 0 N–H and O–H groups in total. The predicted molar refractivity (Wildman–Crippen MR) is 106 cm³/mol. The zero-order chi connectivity index (χ0) is 18.1. The molecule has 0 radical (unpaired) electrons. The van der Waals surface area contributed by atoms with E-state index in [1.165, 1.54) is 44.1 Å². The largest absolute Gasteiger partial charge is 0.296 e. The number of aldehydes is 1. The summed E-state index contributed by atoms with van der Waals surface area (Å²) in [6.07, 6.45) is 9.95. The summed E-state index contributed by atoms with van der Waals surface area (Å²) in [7, 11) is 0. The minimum atomic E-state index is 0.562. The fourth-order valence-electron chi connectivity index (χ4n) is 4.09. The molecule has 0 unspecified atom stereocenters. The van der Waals surface area contributed by atoms with E-state index >= 15 is 0 Å². The number of rotatable bonds is 5. The summed E-state index contributed by atoms with van der Waals surface area (Å²) in [5.41, 5.74) is 4.67. The lowest BCUT2D eigenvalue weighted by molar-refractivity contribution is 0.111. The number of aryl methyl sites for hydroxylation is 3. The molecule has 4 rings (SSSR count). The van der Waals surface area contributed by atoms with Gasteiger partial charge in [0, 0.05) is 12.0 Å². The predicted octanol–water partition coefficient (Wildman–Crippen LogP) is 5.40. The Hall–Kier alpha value is -2.01. The van der Waals surface area contributed by atoms with E-state index in [-0.39, 0.29) is 0 Å². The third kappa shape index (κ3) is 3.32. The monoisotopic (exact) mass is 367 g/mol. The molecular formula is C21H25N3OS. The second-order valence-corrected chi connectivity index (χ2v) is 8.56. The number of aromatic nitrogens is 3. The van der Waals surface area contributed by atoms with Crippen LogP contribution in [0, 0.1) is 19.8 Å². The summed E-state index contributed by atoms with van der Waals surface area (Å²) in [4.78, 5) is 17.3. The minimum absolute atomic E-state index is 0.562. The van der Waals surface area contributed by atoms with Gasteiger partial charge in [0.1, 0.15) is 16.4 Å². The van der Waals surface area contributed by atoms with E-state index in [1.54, 1.807) is 15.9 Å². The maximum atomic E-state index is 11.8. The van der Waals surface area contributed by atoms with Gasteiger partial charge in [-0.05, 0) is 31.7 Å². The first-order chi connectivity index (χ1) is 12.7. The van der Waals surface area contributed by atoms with E-state index in [9.17, 15) is 4.79 Å². The van der Waals surface area contributed by atoms with E-state index < -0.39 is 0 Å². The molecule has 1 aliphatic carbocycles. The molecule has 2 heterocycles. The van der Waals surface area contributed by atoms with Crippen molar-refractivity contribution in [3.05, 3.63) is 40.0 Å². The number of nitrogens with zero attached hydrogens (tertiary/aromatic N) is 3. The molecular weight excluding hydrogens is 342 g/mol. The molecule has 0 bridgehead atoms. The molecule has 3 aromatic rings. The molecule has 2 aromatic heterocycles. The molecule has 26 heavy (non-hydrogen) atoms. The summed E-state index contributed by atoms with van der Waals surface area (Å²) in [5.74, 6) is 0.844. The van der Waals surface area contributed by atoms with Crippen molar-refractivity contribution in [3.8, 4) is 11.3 Å². The highest BCUT2D eigenvalue weighted by molar-refractivity contribution is 7.16. The Labute approximate surface area is 158 Å². The van der Waals surface area contributed by atoms with Gasteiger partial charge in [0.2, 0.25) is 4.96 Å². The Bertz CT molecular complexity index is 934. The fourth-order valence-corrected chi connectivity index (χ4v) is 5.01. The quantitative estimate of drug-likeness (QED) is 0.567. The second-order valence-electron chi connectivity index (χ2n) is 7.51. The van der Waals surface area contributed by atoms with Crippen LogP contribution < -0.4 is 0 Å². The summed E-state index contributed by atoms with van der Waals surface area (Å²) in [6, 6.07) is 6.24. The Morgan fingerprint density at radius 1 is 1.23 bits per heavy atom. The first kappa shape index (κ1) is 17.4. The van der Waals surface area contributed by atoms with E-state index in [0.29, 0.717) is 5.69 Å². The fraction of sp³-hybridized carbons (Fsp3) is 0.476. The lowest BCUT2D eigenvalue weighted by Crippen LogP contribution is -2.07. The van der Waals surface area contributed by atoms with Gasteiger partial charge in [0.25, 0.3) is 0 Å². The van der Waals surface area contributed by atoms with Crippen molar-refractivity contribution in [2.75, 3.05) is 0 Å². The van der Waals surface area contributed by atoms with Crippen LogP contribution in [0.5, 0.6) is 0 Å². The highest BCUT2D eigenvalue weighted by Gasteiger charge is 2.20. The molecule has 5 heteroatoms. The van der Waals surface area contributed by atoms with Crippen LogP contribution in [0.3, 0.4) is 0 Å². The number of carbonyl (C=O) groups excluding carboxylic acids is 1.